The molecule has 0 aromatic carbocycles. The van der Waals surface area contributed by atoms with Crippen molar-refractivity contribution in [3.63, 3.8) is 0 Å². The van der Waals surface area contributed by atoms with Crippen LogP contribution in [-0.4, -0.2) is 95.4 Å². The maximum Gasteiger partial charge on any atom is 0.397 e. The van der Waals surface area contributed by atoms with E-state index < -0.39 is 59.9 Å². The summed E-state index contributed by atoms with van der Waals surface area (Å²) in [6.07, 6.45) is 44.6. The molecule has 1 aliphatic heterocycles. The zero-order chi connectivity index (χ0) is 48.4. The Morgan fingerprint density at radius 2 is 1.00 bits per heavy atom. The van der Waals surface area contributed by atoms with Crippen LogP contribution in [0.3, 0.4) is 0 Å². The van der Waals surface area contributed by atoms with Gasteiger partial charge in [-0.05, 0) is 44.9 Å². The van der Waals surface area contributed by atoms with Crippen LogP contribution in [-0.2, 0) is 28.9 Å². The molecule has 0 aromatic rings. The minimum Gasteiger partial charge on any atom is -0.394 e. The maximum absolute atomic E-state index is 13.1. The molecule has 0 aliphatic carbocycles. The number of nitrogens with one attached hydrogen (secondary N) is 1. The maximum atomic E-state index is 13.1. The van der Waals surface area contributed by atoms with Gasteiger partial charge in [0.15, 0.2) is 6.29 Å². The number of aliphatic hydroxyl groups is 4. The molecule has 1 rings (SSSR count). The summed E-state index contributed by atoms with van der Waals surface area (Å²) in [6.45, 7) is 3.38. The van der Waals surface area contributed by atoms with Crippen LogP contribution in [0.1, 0.15) is 239 Å². The van der Waals surface area contributed by atoms with E-state index in [1.54, 1.807) is 6.08 Å². The lowest BCUT2D eigenvalue weighted by Crippen LogP contribution is -2.61. The third-order valence-electron chi connectivity index (χ3n) is 12.7. The fourth-order valence-corrected chi connectivity index (χ4v) is 9.01. The highest BCUT2D eigenvalue weighted by Crippen LogP contribution is 2.26. The summed E-state index contributed by atoms with van der Waals surface area (Å²) in [5.74, 6) is -0.265. The van der Waals surface area contributed by atoms with Crippen molar-refractivity contribution in [1.29, 1.82) is 0 Å². The van der Waals surface area contributed by atoms with E-state index in [-0.39, 0.29) is 18.9 Å². The van der Waals surface area contributed by atoms with Crippen LogP contribution in [0.15, 0.2) is 36.5 Å². The molecule has 1 aliphatic rings. The number of amides is 1. The van der Waals surface area contributed by atoms with E-state index in [4.69, 9.17) is 9.47 Å². The van der Waals surface area contributed by atoms with Gasteiger partial charge in [-0.15, -0.1) is 0 Å². The third kappa shape index (κ3) is 35.4. The Labute approximate surface area is 403 Å². The average Bonchev–Trinajstić information content (AvgIpc) is 3.29. The van der Waals surface area contributed by atoms with Gasteiger partial charge in [-0.3, -0.25) is 9.35 Å². The monoisotopic (exact) mass is 958 g/mol. The SMILES string of the molecule is CCCCC/C=C\C=C/CCCCCCCCCCCCC(=O)NC(COC1OC(CO)C(O)C(OS(=O)(=O)O)C1O)C(O)/C=C/CCCCCCCCCCCCCCCCCCCC. The molecule has 0 aromatic heterocycles. The zero-order valence-corrected chi connectivity index (χ0v) is 42.6. The van der Waals surface area contributed by atoms with E-state index in [0.29, 0.717) is 6.42 Å². The number of unbranched alkanes of at least 4 members (excludes halogenated alkanes) is 31. The lowest BCUT2D eigenvalue weighted by Gasteiger charge is -2.41. The molecule has 12 nitrogen and oxygen atoms in total. The molecule has 0 bridgehead atoms. The van der Waals surface area contributed by atoms with E-state index >= 15 is 0 Å². The van der Waals surface area contributed by atoms with Crippen molar-refractivity contribution in [3.8, 4) is 0 Å². The summed E-state index contributed by atoms with van der Waals surface area (Å²) in [6, 6.07) is -0.946. The number of aliphatic hydroxyl groups excluding tert-OH is 4. The fourth-order valence-electron chi connectivity index (χ4n) is 8.51. The van der Waals surface area contributed by atoms with Crippen molar-refractivity contribution in [3.05, 3.63) is 36.5 Å². The van der Waals surface area contributed by atoms with E-state index in [1.807, 2.05) is 6.08 Å². The van der Waals surface area contributed by atoms with Gasteiger partial charge in [-0.1, -0.05) is 224 Å². The Kier molecular flexibility index (Phi) is 40.9. The molecule has 1 heterocycles. The van der Waals surface area contributed by atoms with Crippen molar-refractivity contribution >= 4 is 16.3 Å². The second kappa shape index (κ2) is 43.3. The molecule has 0 saturated carbocycles. The van der Waals surface area contributed by atoms with E-state index in [1.165, 1.54) is 167 Å². The van der Waals surface area contributed by atoms with E-state index in [9.17, 15) is 38.2 Å². The first-order chi connectivity index (χ1) is 32.0. The molecule has 1 saturated heterocycles. The Balaban J connectivity index is 2.44. The average molecular weight is 958 g/mol. The van der Waals surface area contributed by atoms with Gasteiger partial charge in [0.1, 0.15) is 24.4 Å². The van der Waals surface area contributed by atoms with E-state index in [2.05, 4.69) is 47.7 Å². The minimum absolute atomic E-state index is 0.265. The summed E-state index contributed by atoms with van der Waals surface area (Å²) in [4.78, 5) is 13.1. The summed E-state index contributed by atoms with van der Waals surface area (Å²) >= 11 is 0. The van der Waals surface area contributed by atoms with Crippen molar-refractivity contribution in [2.24, 2.45) is 0 Å². The molecule has 7 unspecified atom stereocenters. The van der Waals surface area contributed by atoms with Crippen LogP contribution in [0.2, 0.25) is 0 Å². The summed E-state index contributed by atoms with van der Waals surface area (Å²) in [5.41, 5.74) is 0. The molecule has 1 amide bonds. The Morgan fingerprint density at radius 3 is 1.44 bits per heavy atom. The quantitative estimate of drug-likeness (QED) is 0.0147. The molecule has 0 spiro atoms. The number of carbonyl (C=O) groups is 1. The predicted octanol–water partition coefficient (Wildman–Crippen LogP) is 11.8. The lowest BCUT2D eigenvalue weighted by atomic mass is 9.99. The first kappa shape index (κ1) is 62.3. The van der Waals surface area contributed by atoms with Crippen molar-refractivity contribution in [1.82, 2.24) is 5.32 Å². The topological polar surface area (TPSA) is 192 Å². The Bertz CT molecular complexity index is 1310. The van der Waals surface area contributed by atoms with Gasteiger partial charge in [0.2, 0.25) is 5.91 Å². The van der Waals surface area contributed by atoms with Crippen LogP contribution in [0, 0.1) is 0 Å². The van der Waals surface area contributed by atoms with Gasteiger partial charge >= 0.3 is 10.4 Å². The highest BCUT2D eigenvalue weighted by Gasteiger charge is 2.48. The van der Waals surface area contributed by atoms with E-state index in [0.717, 1.165) is 44.9 Å². The van der Waals surface area contributed by atoms with Crippen LogP contribution in [0.5, 0.6) is 0 Å². The first-order valence-electron chi connectivity index (χ1n) is 26.9. The Morgan fingerprint density at radius 1 is 0.606 bits per heavy atom. The first-order valence-corrected chi connectivity index (χ1v) is 28.3. The van der Waals surface area contributed by atoms with Crippen LogP contribution in [0.25, 0.3) is 0 Å². The van der Waals surface area contributed by atoms with Crippen LogP contribution in [0.4, 0.5) is 0 Å². The molecular formula is C53H99NO11S. The van der Waals surface area contributed by atoms with Crippen molar-refractivity contribution in [2.75, 3.05) is 13.2 Å². The number of ether oxygens (including phenoxy) is 2. The third-order valence-corrected chi connectivity index (χ3v) is 13.2. The standard InChI is InChI=1S/C53H99NO11S/c1-3-5-7-9-11-13-15-17-19-21-23-25-26-28-30-32-34-36-38-40-42-47(56)46(45-63-53-51(59)52(65-66(60,61)62)50(58)48(44-55)64-53)54-49(57)43-41-39-37-35-33-31-29-27-24-22-20-18-16-14-12-10-8-6-4-2/h12,14,16,18,40,42,46-48,50-53,55-56,58-59H,3-11,13,15,17,19-39,41,43-45H2,1-2H3,(H,54,57)(H,60,61,62)/b14-12-,18-16-,42-40+. The van der Waals surface area contributed by atoms with Crippen LogP contribution >= 0.6 is 0 Å². The van der Waals surface area contributed by atoms with Gasteiger partial charge in [0.05, 0.1) is 25.4 Å². The molecule has 66 heavy (non-hydrogen) atoms. The summed E-state index contributed by atoms with van der Waals surface area (Å²) in [7, 11) is -5.09. The molecule has 1 fully saturated rings. The van der Waals surface area contributed by atoms with Crippen molar-refractivity contribution in [2.45, 2.75) is 281 Å². The highest BCUT2D eigenvalue weighted by atomic mass is 32.3. The number of carbonyl (C=O) groups excluding carboxylic acids is 1. The second-order valence-corrected chi connectivity index (χ2v) is 19.9. The Hall–Kier alpha value is -1.68. The molecule has 0 radical (unpaired) electrons. The largest absolute Gasteiger partial charge is 0.397 e. The molecule has 7 atom stereocenters. The zero-order valence-electron chi connectivity index (χ0n) is 41.8. The van der Waals surface area contributed by atoms with Gasteiger partial charge < -0.3 is 35.2 Å². The molecule has 388 valence electrons. The number of hydrogen-bond acceptors (Lipinski definition) is 10. The number of allylic oxidation sites excluding steroid dienone is 5. The number of rotatable bonds is 46. The van der Waals surface area contributed by atoms with Gasteiger partial charge in [0, 0.05) is 6.42 Å². The van der Waals surface area contributed by atoms with Crippen molar-refractivity contribution < 1.29 is 51.8 Å². The minimum atomic E-state index is -5.09. The number of hydrogen-bond donors (Lipinski definition) is 6. The summed E-state index contributed by atoms with van der Waals surface area (Å²) < 4.78 is 47.8. The molecule has 6 N–H and O–H groups in total. The summed E-state index contributed by atoms with van der Waals surface area (Å²) in [5, 5.41) is 44.9. The van der Waals surface area contributed by atoms with Gasteiger partial charge in [-0.2, -0.15) is 8.42 Å². The normalized spacial score (nSPS) is 20.3. The predicted molar refractivity (Wildman–Crippen MR) is 268 cm³/mol. The lowest BCUT2D eigenvalue weighted by molar-refractivity contribution is -0.298. The molecule has 13 heteroatoms. The second-order valence-electron chi connectivity index (χ2n) is 18.8. The smallest absolute Gasteiger partial charge is 0.394 e. The molecular weight excluding hydrogens is 859 g/mol. The van der Waals surface area contributed by atoms with Crippen LogP contribution < -0.4 is 5.32 Å². The van der Waals surface area contributed by atoms with Gasteiger partial charge in [-0.25, -0.2) is 4.18 Å². The van der Waals surface area contributed by atoms with Gasteiger partial charge in [0.25, 0.3) is 0 Å². The highest BCUT2D eigenvalue weighted by molar-refractivity contribution is 7.80. The fraction of sp³-hybridized carbons (Fsp3) is 0.868.